The Morgan fingerprint density at radius 2 is 1.97 bits per heavy atom. The van der Waals surface area contributed by atoms with Crippen molar-refractivity contribution in [1.29, 1.82) is 0 Å². The highest BCUT2D eigenvalue weighted by molar-refractivity contribution is 6.30. The summed E-state index contributed by atoms with van der Waals surface area (Å²) in [5.41, 5.74) is 2.48. The lowest BCUT2D eigenvalue weighted by molar-refractivity contribution is -0.144. The summed E-state index contributed by atoms with van der Waals surface area (Å²) < 4.78 is 11.2. The SMILES string of the molecule is COc1cncnc1OCCCC1Cc2ccccc2C12CCC(Nc1cccc(Cl)c1)(C(=O)O)CC2. The van der Waals surface area contributed by atoms with Crippen LogP contribution in [-0.4, -0.2) is 40.3 Å². The molecule has 0 amide bonds. The monoisotopic (exact) mass is 521 g/mol. The standard InChI is InChI=1S/C29H32ClN3O4/c1-36-25-18-31-19-32-26(25)37-15-5-7-21-16-20-6-2-3-10-24(20)28(21)11-13-29(14-12-28,27(34)35)33-23-9-4-8-22(30)17-23/h2-4,6,8-10,17-19,21,33H,5,7,11-16H2,1H3,(H,34,35). The first kappa shape index (κ1) is 25.3. The topological polar surface area (TPSA) is 93.6 Å². The molecule has 37 heavy (non-hydrogen) atoms. The Labute approximate surface area is 222 Å². The molecular weight excluding hydrogens is 490 g/mol. The molecule has 1 aromatic heterocycles. The molecule has 3 aromatic rings. The summed E-state index contributed by atoms with van der Waals surface area (Å²) in [6.07, 6.45) is 8.65. The number of fused-ring (bicyclic) bond motifs is 2. The molecule has 2 N–H and O–H groups in total. The number of aromatic nitrogens is 2. The van der Waals surface area contributed by atoms with Gasteiger partial charge in [0.2, 0.25) is 0 Å². The molecule has 1 spiro atoms. The summed E-state index contributed by atoms with van der Waals surface area (Å²) in [5.74, 6) is 0.603. The molecule has 1 unspecified atom stereocenters. The van der Waals surface area contributed by atoms with Crippen LogP contribution in [0, 0.1) is 5.92 Å². The molecule has 2 aliphatic carbocycles. The van der Waals surface area contributed by atoms with Gasteiger partial charge in [-0.15, -0.1) is 0 Å². The van der Waals surface area contributed by atoms with Crippen LogP contribution in [0.5, 0.6) is 11.6 Å². The molecule has 2 aromatic carbocycles. The average Bonchev–Trinajstić information content (AvgIpc) is 3.21. The highest BCUT2D eigenvalue weighted by atomic mass is 35.5. The van der Waals surface area contributed by atoms with Gasteiger partial charge in [-0.2, -0.15) is 4.98 Å². The maximum atomic E-state index is 12.6. The number of benzene rings is 2. The van der Waals surface area contributed by atoms with Crippen LogP contribution in [0.15, 0.2) is 61.1 Å². The lowest BCUT2D eigenvalue weighted by Gasteiger charge is -2.47. The van der Waals surface area contributed by atoms with Crippen molar-refractivity contribution < 1.29 is 19.4 Å². The van der Waals surface area contributed by atoms with E-state index in [4.69, 9.17) is 21.1 Å². The third-order valence-electron chi connectivity index (χ3n) is 8.21. The zero-order valence-electron chi connectivity index (χ0n) is 21.0. The van der Waals surface area contributed by atoms with Crippen LogP contribution in [0.3, 0.4) is 0 Å². The van der Waals surface area contributed by atoms with Crippen LogP contribution < -0.4 is 14.8 Å². The third kappa shape index (κ3) is 4.97. The second-order valence-corrected chi connectivity index (χ2v) is 10.6. The normalized spacial score (nSPS) is 24.4. The first-order valence-corrected chi connectivity index (χ1v) is 13.2. The quantitative estimate of drug-likeness (QED) is 0.338. The summed E-state index contributed by atoms with van der Waals surface area (Å²) in [7, 11) is 1.58. The molecule has 1 heterocycles. The number of carboxylic acids is 1. The Balaban J connectivity index is 1.31. The van der Waals surface area contributed by atoms with Crippen molar-refractivity contribution in [3.05, 3.63) is 77.2 Å². The average molecular weight is 522 g/mol. The van der Waals surface area contributed by atoms with Crippen LogP contribution in [0.25, 0.3) is 0 Å². The number of carboxylic acid groups (broad SMARTS) is 1. The van der Waals surface area contributed by atoms with Gasteiger partial charge in [0.1, 0.15) is 11.9 Å². The number of nitrogens with one attached hydrogen (secondary N) is 1. The Hall–Kier alpha value is -3.32. The Bertz CT molecular complexity index is 1260. The van der Waals surface area contributed by atoms with E-state index in [-0.39, 0.29) is 5.41 Å². The van der Waals surface area contributed by atoms with Crippen LogP contribution in [0.4, 0.5) is 5.69 Å². The maximum absolute atomic E-state index is 12.6. The second kappa shape index (κ2) is 10.6. The molecule has 1 fully saturated rings. The van der Waals surface area contributed by atoms with Gasteiger partial charge in [0.15, 0.2) is 5.75 Å². The number of ether oxygens (including phenoxy) is 2. The van der Waals surface area contributed by atoms with Gasteiger partial charge in [-0.3, -0.25) is 0 Å². The van der Waals surface area contributed by atoms with Gasteiger partial charge in [0, 0.05) is 10.7 Å². The van der Waals surface area contributed by atoms with Gasteiger partial charge in [0.05, 0.1) is 19.9 Å². The van der Waals surface area contributed by atoms with Crippen LogP contribution in [-0.2, 0) is 16.6 Å². The molecule has 0 aliphatic heterocycles. The lowest BCUT2D eigenvalue weighted by Crippen LogP contribution is -2.53. The minimum atomic E-state index is -1.01. The number of halogens is 1. The van der Waals surface area contributed by atoms with E-state index < -0.39 is 11.5 Å². The molecule has 7 nitrogen and oxygen atoms in total. The van der Waals surface area contributed by atoms with Gasteiger partial charge in [-0.05, 0) is 85.6 Å². The minimum absolute atomic E-state index is 0.0296. The second-order valence-electron chi connectivity index (χ2n) is 10.1. The number of rotatable bonds is 9. The zero-order valence-corrected chi connectivity index (χ0v) is 21.7. The third-order valence-corrected chi connectivity index (χ3v) is 8.45. The summed E-state index contributed by atoms with van der Waals surface area (Å²) in [6.45, 7) is 0.533. The zero-order chi connectivity index (χ0) is 25.9. The van der Waals surface area contributed by atoms with Crippen molar-refractivity contribution in [2.45, 2.75) is 55.9 Å². The highest BCUT2D eigenvalue weighted by Gasteiger charge is 2.53. The van der Waals surface area contributed by atoms with Gasteiger partial charge < -0.3 is 19.9 Å². The molecule has 0 radical (unpaired) electrons. The predicted octanol–water partition coefficient (Wildman–Crippen LogP) is 5.92. The number of anilines is 1. The molecule has 8 heteroatoms. The lowest BCUT2D eigenvalue weighted by atomic mass is 9.60. The van der Waals surface area contributed by atoms with Gasteiger partial charge >= 0.3 is 5.97 Å². The minimum Gasteiger partial charge on any atom is -0.490 e. The predicted molar refractivity (Wildman–Crippen MR) is 143 cm³/mol. The van der Waals surface area contributed by atoms with E-state index in [1.165, 1.54) is 17.5 Å². The van der Waals surface area contributed by atoms with Gasteiger partial charge in [-0.25, -0.2) is 9.78 Å². The first-order chi connectivity index (χ1) is 18.0. The van der Waals surface area contributed by atoms with Crippen molar-refractivity contribution in [3.8, 4) is 11.6 Å². The van der Waals surface area contributed by atoms with E-state index in [0.717, 1.165) is 37.8 Å². The van der Waals surface area contributed by atoms with E-state index in [0.29, 0.717) is 42.0 Å². The fourth-order valence-electron chi connectivity index (χ4n) is 6.33. The van der Waals surface area contributed by atoms with Gasteiger partial charge in [-0.1, -0.05) is 41.9 Å². The molecule has 5 rings (SSSR count). The smallest absolute Gasteiger partial charge is 0.329 e. The number of hydrogen-bond donors (Lipinski definition) is 2. The molecule has 1 atom stereocenters. The number of methoxy groups -OCH3 is 1. The largest absolute Gasteiger partial charge is 0.490 e. The summed E-state index contributed by atoms with van der Waals surface area (Å²) >= 11 is 6.17. The fourth-order valence-corrected chi connectivity index (χ4v) is 6.52. The molecule has 2 aliphatic rings. The van der Waals surface area contributed by atoms with E-state index in [1.807, 2.05) is 12.1 Å². The molecule has 194 valence electrons. The summed E-state index contributed by atoms with van der Waals surface area (Å²) in [6, 6.07) is 16.0. The molecule has 0 saturated heterocycles. The Morgan fingerprint density at radius 1 is 1.16 bits per heavy atom. The van der Waals surface area contributed by atoms with Crippen molar-refractivity contribution in [2.75, 3.05) is 19.0 Å². The highest BCUT2D eigenvalue weighted by Crippen LogP contribution is 2.55. The van der Waals surface area contributed by atoms with Crippen LogP contribution >= 0.6 is 11.6 Å². The van der Waals surface area contributed by atoms with Gasteiger partial charge in [0.25, 0.3) is 5.88 Å². The van der Waals surface area contributed by atoms with E-state index in [1.54, 1.807) is 25.4 Å². The van der Waals surface area contributed by atoms with E-state index in [9.17, 15) is 9.90 Å². The number of aliphatic carboxylic acids is 1. The van der Waals surface area contributed by atoms with Crippen molar-refractivity contribution in [1.82, 2.24) is 9.97 Å². The number of hydrogen-bond acceptors (Lipinski definition) is 6. The Morgan fingerprint density at radius 3 is 2.73 bits per heavy atom. The summed E-state index contributed by atoms with van der Waals surface area (Å²) in [5, 5.41) is 14.2. The first-order valence-electron chi connectivity index (χ1n) is 12.8. The van der Waals surface area contributed by atoms with Crippen molar-refractivity contribution in [2.24, 2.45) is 5.92 Å². The maximum Gasteiger partial charge on any atom is 0.329 e. The van der Waals surface area contributed by atoms with E-state index >= 15 is 0 Å². The molecule has 1 saturated carbocycles. The summed E-state index contributed by atoms with van der Waals surface area (Å²) in [4.78, 5) is 20.7. The van der Waals surface area contributed by atoms with Crippen LogP contribution in [0.1, 0.15) is 49.7 Å². The fraction of sp³-hybridized carbons (Fsp3) is 0.414. The number of nitrogens with zero attached hydrogens (tertiary/aromatic N) is 2. The molecular formula is C29H32ClN3O4. The van der Waals surface area contributed by atoms with Crippen molar-refractivity contribution in [3.63, 3.8) is 0 Å². The Kier molecular flexibility index (Phi) is 7.24. The van der Waals surface area contributed by atoms with Crippen molar-refractivity contribution >= 4 is 23.3 Å². The van der Waals surface area contributed by atoms with E-state index in [2.05, 4.69) is 39.6 Å². The molecule has 0 bridgehead atoms. The number of carbonyl (C=O) groups is 1. The van der Waals surface area contributed by atoms with Crippen LogP contribution in [0.2, 0.25) is 5.02 Å².